The third kappa shape index (κ3) is 4.43. The van der Waals surface area contributed by atoms with Crippen molar-refractivity contribution in [3.63, 3.8) is 0 Å². The van der Waals surface area contributed by atoms with E-state index in [0.717, 1.165) is 11.4 Å². The molecule has 1 heterocycles. The Labute approximate surface area is 249 Å². The SMILES string of the molecule is c1ccc(-c2cccc3sc4ccc(Nc5cccc(-c6ccc(-c7cccc8ccccc78)cc6)c5)cc4c23)cc1. The fraction of sp³-hybridized carbons (Fsp3) is 0. The summed E-state index contributed by atoms with van der Waals surface area (Å²) in [7, 11) is 0. The minimum atomic E-state index is 1.08. The Kier molecular flexibility index (Phi) is 6.05. The predicted molar refractivity (Wildman–Crippen MR) is 183 cm³/mol. The fourth-order valence-corrected chi connectivity index (χ4v) is 7.14. The monoisotopic (exact) mass is 553 g/mol. The van der Waals surface area contributed by atoms with Gasteiger partial charge in [-0.1, -0.05) is 121 Å². The Balaban J connectivity index is 1.11. The quantitative estimate of drug-likeness (QED) is 0.223. The smallest absolute Gasteiger partial charge is 0.0391 e. The van der Waals surface area contributed by atoms with Crippen molar-refractivity contribution in [2.45, 2.75) is 0 Å². The average Bonchev–Trinajstić information content (AvgIpc) is 3.43. The van der Waals surface area contributed by atoms with Crippen LogP contribution in [0.1, 0.15) is 0 Å². The third-order valence-corrected chi connectivity index (χ3v) is 9.19. The van der Waals surface area contributed by atoms with Crippen molar-refractivity contribution in [1.29, 1.82) is 0 Å². The second-order valence-electron chi connectivity index (χ2n) is 10.7. The number of rotatable bonds is 5. The Hall–Kier alpha value is -5.18. The van der Waals surface area contributed by atoms with Crippen molar-refractivity contribution in [3.8, 4) is 33.4 Å². The zero-order chi connectivity index (χ0) is 27.9. The molecule has 8 aromatic rings. The largest absolute Gasteiger partial charge is 0.355 e. The highest BCUT2D eigenvalue weighted by Crippen LogP contribution is 2.41. The molecule has 7 aromatic carbocycles. The first kappa shape index (κ1) is 24.6. The van der Waals surface area contributed by atoms with Crippen molar-refractivity contribution >= 4 is 53.7 Å². The minimum absolute atomic E-state index is 1.08. The van der Waals surface area contributed by atoms with Gasteiger partial charge in [-0.2, -0.15) is 0 Å². The Morgan fingerprint density at radius 2 is 1.05 bits per heavy atom. The molecule has 0 atom stereocenters. The van der Waals surface area contributed by atoms with Gasteiger partial charge in [0.1, 0.15) is 0 Å². The number of fused-ring (bicyclic) bond motifs is 4. The lowest BCUT2D eigenvalue weighted by Gasteiger charge is -2.11. The van der Waals surface area contributed by atoms with E-state index < -0.39 is 0 Å². The van der Waals surface area contributed by atoms with E-state index in [1.165, 1.54) is 64.3 Å². The molecule has 0 fully saturated rings. The number of benzene rings is 7. The van der Waals surface area contributed by atoms with Crippen LogP contribution >= 0.6 is 11.3 Å². The van der Waals surface area contributed by atoms with E-state index >= 15 is 0 Å². The normalized spacial score (nSPS) is 11.3. The second kappa shape index (κ2) is 10.3. The van der Waals surface area contributed by atoms with Gasteiger partial charge in [-0.3, -0.25) is 0 Å². The molecule has 0 saturated heterocycles. The number of thiophene rings is 1. The molecule has 8 rings (SSSR count). The van der Waals surface area contributed by atoms with Gasteiger partial charge in [0.25, 0.3) is 0 Å². The van der Waals surface area contributed by atoms with E-state index in [-0.39, 0.29) is 0 Å². The van der Waals surface area contributed by atoms with Crippen LogP contribution in [0, 0.1) is 0 Å². The van der Waals surface area contributed by atoms with Gasteiger partial charge in [0, 0.05) is 31.5 Å². The molecular weight excluding hydrogens is 527 g/mol. The maximum absolute atomic E-state index is 3.68. The molecule has 0 aliphatic carbocycles. The van der Waals surface area contributed by atoms with E-state index in [1.807, 2.05) is 11.3 Å². The van der Waals surface area contributed by atoms with Crippen LogP contribution in [0.25, 0.3) is 64.3 Å². The summed E-state index contributed by atoms with van der Waals surface area (Å²) < 4.78 is 2.62. The highest BCUT2D eigenvalue weighted by molar-refractivity contribution is 7.26. The summed E-state index contributed by atoms with van der Waals surface area (Å²) in [4.78, 5) is 0. The summed E-state index contributed by atoms with van der Waals surface area (Å²) in [6.07, 6.45) is 0. The average molecular weight is 554 g/mol. The molecule has 0 bridgehead atoms. The molecule has 0 aliphatic rings. The van der Waals surface area contributed by atoms with Crippen LogP contribution in [0.5, 0.6) is 0 Å². The first-order chi connectivity index (χ1) is 20.8. The van der Waals surface area contributed by atoms with Crippen molar-refractivity contribution in [3.05, 3.63) is 158 Å². The number of hydrogen-bond donors (Lipinski definition) is 1. The topological polar surface area (TPSA) is 12.0 Å². The minimum Gasteiger partial charge on any atom is -0.355 e. The summed E-state index contributed by atoms with van der Waals surface area (Å²) in [5.74, 6) is 0. The molecule has 0 saturated carbocycles. The molecule has 0 radical (unpaired) electrons. The third-order valence-electron chi connectivity index (χ3n) is 8.05. The van der Waals surface area contributed by atoms with Gasteiger partial charge >= 0.3 is 0 Å². The highest BCUT2D eigenvalue weighted by Gasteiger charge is 2.12. The van der Waals surface area contributed by atoms with Gasteiger partial charge in [-0.05, 0) is 80.6 Å². The number of anilines is 2. The molecular formula is C40H27NS. The van der Waals surface area contributed by atoms with Crippen molar-refractivity contribution < 1.29 is 0 Å². The lowest BCUT2D eigenvalue weighted by molar-refractivity contribution is 1.55. The molecule has 1 N–H and O–H groups in total. The molecule has 0 amide bonds. The van der Waals surface area contributed by atoms with Crippen molar-refractivity contribution in [2.24, 2.45) is 0 Å². The molecule has 1 nitrogen and oxygen atoms in total. The molecule has 0 spiro atoms. The first-order valence-corrected chi connectivity index (χ1v) is 15.1. The van der Waals surface area contributed by atoms with Crippen LogP contribution in [0.15, 0.2) is 158 Å². The lowest BCUT2D eigenvalue weighted by Crippen LogP contribution is -1.90. The van der Waals surface area contributed by atoms with Crippen LogP contribution in [0.4, 0.5) is 11.4 Å². The highest BCUT2D eigenvalue weighted by atomic mass is 32.1. The standard InChI is InChI=1S/C40H27NS/c1-2-9-29(10-3-1)36-17-8-18-39-40(36)37-26-33(23-24-38(37)42-39)41-32-14-6-13-31(25-32)27-19-21-30(22-20-27)35-16-7-12-28-11-4-5-15-34(28)35/h1-26,41H. The second-order valence-corrected chi connectivity index (χ2v) is 11.8. The Morgan fingerprint density at radius 3 is 1.95 bits per heavy atom. The van der Waals surface area contributed by atoms with Gasteiger partial charge in [0.15, 0.2) is 0 Å². The number of nitrogens with one attached hydrogen (secondary N) is 1. The summed E-state index contributed by atoms with van der Waals surface area (Å²) >= 11 is 1.86. The first-order valence-electron chi connectivity index (χ1n) is 14.3. The van der Waals surface area contributed by atoms with Gasteiger partial charge in [0.05, 0.1) is 0 Å². The van der Waals surface area contributed by atoms with Gasteiger partial charge in [-0.25, -0.2) is 0 Å². The Morgan fingerprint density at radius 1 is 0.381 bits per heavy atom. The Bertz CT molecular complexity index is 2200. The molecule has 42 heavy (non-hydrogen) atoms. The van der Waals surface area contributed by atoms with Crippen molar-refractivity contribution in [2.75, 3.05) is 5.32 Å². The maximum Gasteiger partial charge on any atom is 0.0391 e. The fourth-order valence-electron chi connectivity index (χ4n) is 6.03. The summed E-state index contributed by atoms with van der Waals surface area (Å²) in [6, 6.07) is 56.7. The molecule has 1 aromatic heterocycles. The van der Waals surface area contributed by atoms with Crippen LogP contribution in [0.3, 0.4) is 0 Å². The van der Waals surface area contributed by atoms with Crippen LogP contribution in [-0.2, 0) is 0 Å². The van der Waals surface area contributed by atoms with E-state index in [2.05, 4.69) is 163 Å². The summed E-state index contributed by atoms with van der Waals surface area (Å²) in [5.41, 5.74) is 9.59. The molecule has 2 heteroatoms. The van der Waals surface area contributed by atoms with Crippen LogP contribution in [0.2, 0.25) is 0 Å². The van der Waals surface area contributed by atoms with Gasteiger partial charge in [0.2, 0.25) is 0 Å². The maximum atomic E-state index is 3.68. The van der Waals surface area contributed by atoms with E-state index in [1.54, 1.807) is 0 Å². The molecule has 0 unspecified atom stereocenters. The zero-order valence-corrected chi connectivity index (χ0v) is 23.7. The number of hydrogen-bond acceptors (Lipinski definition) is 2. The van der Waals surface area contributed by atoms with E-state index in [4.69, 9.17) is 0 Å². The van der Waals surface area contributed by atoms with Gasteiger partial charge < -0.3 is 5.32 Å². The summed E-state index contributed by atoms with van der Waals surface area (Å²) in [5, 5.41) is 8.85. The zero-order valence-electron chi connectivity index (χ0n) is 22.9. The lowest BCUT2D eigenvalue weighted by atomic mass is 9.96. The molecule has 0 aliphatic heterocycles. The molecule has 198 valence electrons. The predicted octanol–water partition coefficient (Wildman–Crippen LogP) is 12.0. The van der Waals surface area contributed by atoms with E-state index in [9.17, 15) is 0 Å². The summed E-state index contributed by atoms with van der Waals surface area (Å²) in [6.45, 7) is 0. The van der Waals surface area contributed by atoms with Crippen LogP contribution < -0.4 is 5.32 Å². The van der Waals surface area contributed by atoms with Crippen LogP contribution in [-0.4, -0.2) is 0 Å². The van der Waals surface area contributed by atoms with E-state index in [0.29, 0.717) is 0 Å². The van der Waals surface area contributed by atoms with Crippen molar-refractivity contribution in [1.82, 2.24) is 0 Å². The van der Waals surface area contributed by atoms with Gasteiger partial charge in [-0.15, -0.1) is 11.3 Å².